The number of hydrogen-bond donors (Lipinski definition) is 0. The average Bonchev–Trinajstić information content (AvgIpc) is 2.65. The summed E-state index contributed by atoms with van der Waals surface area (Å²) in [6.07, 6.45) is 5.25. The predicted octanol–water partition coefficient (Wildman–Crippen LogP) is 4.36. The SMILES string of the molecule is C=Cc1ccc(Cn2cc(C)c(CC)c2C)cc1. The van der Waals surface area contributed by atoms with Gasteiger partial charge in [-0.2, -0.15) is 0 Å². The topological polar surface area (TPSA) is 4.93 Å². The maximum atomic E-state index is 3.78. The molecule has 0 amide bonds. The summed E-state index contributed by atoms with van der Waals surface area (Å²) in [4.78, 5) is 0. The number of nitrogens with zero attached hydrogens (tertiary/aromatic N) is 1. The van der Waals surface area contributed by atoms with Gasteiger partial charge >= 0.3 is 0 Å². The fourth-order valence-corrected chi connectivity index (χ4v) is 2.52. The monoisotopic (exact) mass is 239 g/mol. The van der Waals surface area contributed by atoms with Gasteiger partial charge in [-0.05, 0) is 42.5 Å². The van der Waals surface area contributed by atoms with Crippen molar-refractivity contribution in [3.05, 3.63) is 65.0 Å². The molecular formula is C17H21N. The lowest BCUT2D eigenvalue weighted by Crippen LogP contribution is -2.01. The van der Waals surface area contributed by atoms with Crippen molar-refractivity contribution in [1.29, 1.82) is 0 Å². The summed E-state index contributed by atoms with van der Waals surface area (Å²) < 4.78 is 2.34. The van der Waals surface area contributed by atoms with Gasteiger partial charge in [0.1, 0.15) is 0 Å². The number of rotatable bonds is 4. The zero-order chi connectivity index (χ0) is 13.1. The van der Waals surface area contributed by atoms with E-state index in [1.54, 1.807) is 0 Å². The van der Waals surface area contributed by atoms with E-state index in [9.17, 15) is 0 Å². The largest absolute Gasteiger partial charge is 0.347 e. The zero-order valence-electron chi connectivity index (χ0n) is 11.5. The van der Waals surface area contributed by atoms with E-state index in [0.717, 1.165) is 13.0 Å². The molecule has 0 saturated heterocycles. The first-order valence-electron chi connectivity index (χ1n) is 6.52. The Kier molecular flexibility index (Phi) is 3.71. The van der Waals surface area contributed by atoms with E-state index in [1.807, 2.05) is 6.08 Å². The van der Waals surface area contributed by atoms with Crippen LogP contribution in [0.25, 0.3) is 6.08 Å². The van der Waals surface area contributed by atoms with Gasteiger partial charge in [-0.1, -0.05) is 43.8 Å². The Hall–Kier alpha value is -1.76. The molecule has 0 unspecified atom stereocenters. The Balaban J connectivity index is 2.25. The van der Waals surface area contributed by atoms with Crippen molar-refractivity contribution in [2.45, 2.75) is 33.7 Å². The van der Waals surface area contributed by atoms with Crippen LogP contribution in [0, 0.1) is 13.8 Å². The molecule has 1 aromatic carbocycles. The van der Waals surface area contributed by atoms with Gasteiger partial charge in [0.15, 0.2) is 0 Å². The second-order valence-corrected chi connectivity index (χ2v) is 4.80. The molecule has 2 aromatic rings. The van der Waals surface area contributed by atoms with E-state index in [1.165, 1.54) is 27.9 Å². The van der Waals surface area contributed by atoms with Crippen LogP contribution in [0.1, 0.15) is 34.9 Å². The first-order chi connectivity index (χ1) is 8.65. The van der Waals surface area contributed by atoms with Gasteiger partial charge in [-0.3, -0.25) is 0 Å². The third-order valence-corrected chi connectivity index (χ3v) is 3.61. The van der Waals surface area contributed by atoms with Crippen LogP contribution in [0.4, 0.5) is 0 Å². The van der Waals surface area contributed by atoms with Crippen LogP contribution in [-0.2, 0) is 13.0 Å². The maximum absolute atomic E-state index is 3.78. The second kappa shape index (κ2) is 5.26. The van der Waals surface area contributed by atoms with Crippen LogP contribution in [0.2, 0.25) is 0 Å². The lowest BCUT2D eigenvalue weighted by molar-refractivity contribution is 0.769. The minimum Gasteiger partial charge on any atom is -0.347 e. The summed E-state index contributed by atoms with van der Waals surface area (Å²) in [5.41, 5.74) is 6.79. The first-order valence-corrected chi connectivity index (χ1v) is 6.52. The summed E-state index contributed by atoms with van der Waals surface area (Å²) in [6, 6.07) is 8.60. The predicted molar refractivity (Wildman–Crippen MR) is 78.9 cm³/mol. The molecular weight excluding hydrogens is 218 g/mol. The van der Waals surface area contributed by atoms with Crippen LogP contribution in [0.5, 0.6) is 0 Å². The van der Waals surface area contributed by atoms with Gasteiger partial charge < -0.3 is 4.57 Å². The van der Waals surface area contributed by atoms with Crippen molar-refractivity contribution in [2.24, 2.45) is 0 Å². The van der Waals surface area contributed by atoms with Crippen LogP contribution >= 0.6 is 0 Å². The Morgan fingerprint density at radius 3 is 2.33 bits per heavy atom. The smallest absolute Gasteiger partial charge is 0.0472 e. The third-order valence-electron chi connectivity index (χ3n) is 3.61. The Labute approximate surface area is 110 Å². The van der Waals surface area contributed by atoms with Gasteiger partial charge in [-0.15, -0.1) is 0 Å². The van der Waals surface area contributed by atoms with E-state index >= 15 is 0 Å². The number of aryl methyl sites for hydroxylation is 1. The van der Waals surface area contributed by atoms with E-state index in [2.05, 4.69) is 62.4 Å². The summed E-state index contributed by atoms with van der Waals surface area (Å²) in [5.74, 6) is 0. The number of hydrogen-bond acceptors (Lipinski definition) is 0. The molecule has 0 aliphatic heterocycles. The van der Waals surface area contributed by atoms with E-state index in [0.29, 0.717) is 0 Å². The summed E-state index contributed by atoms with van der Waals surface area (Å²) in [7, 11) is 0. The highest BCUT2D eigenvalue weighted by molar-refractivity contribution is 5.47. The van der Waals surface area contributed by atoms with Crippen molar-refractivity contribution < 1.29 is 0 Å². The van der Waals surface area contributed by atoms with Crippen LogP contribution in [0.3, 0.4) is 0 Å². The molecule has 0 atom stereocenters. The van der Waals surface area contributed by atoms with Crippen molar-refractivity contribution in [3.8, 4) is 0 Å². The molecule has 94 valence electrons. The third kappa shape index (κ3) is 2.40. The van der Waals surface area contributed by atoms with E-state index < -0.39 is 0 Å². The fourth-order valence-electron chi connectivity index (χ4n) is 2.52. The van der Waals surface area contributed by atoms with Crippen molar-refractivity contribution in [1.82, 2.24) is 4.57 Å². The Morgan fingerprint density at radius 1 is 1.17 bits per heavy atom. The normalized spacial score (nSPS) is 10.6. The molecule has 1 heteroatoms. The highest BCUT2D eigenvalue weighted by atomic mass is 15.0. The van der Waals surface area contributed by atoms with Gasteiger partial charge in [0.05, 0.1) is 0 Å². The quantitative estimate of drug-likeness (QED) is 0.747. The highest BCUT2D eigenvalue weighted by Gasteiger charge is 2.07. The summed E-state index contributed by atoms with van der Waals surface area (Å²) >= 11 is 0. The minimum absolute atomic E-state index is 0.949. The molecule has 0 spiro atoms. The van der Waals surface area contributed by atoms with Gasteiger partial charge in [0.25, 0.3) is 0 Å². The molecule has 1 aromatic heterocycles. The van der Waals surface area contributed by atoms with Crippen LogP contribution < -0.4 is 0 Å². The van der Waals surface area contributed by atoms with Crippen molar-refractivity contribution in [2.75, 3.05) is 0 Å². The lowest BCUT2D eigenvalue weighted by Gasteiger charge is -2.07. The molecule has 2 rings (SSSR count). The van der Waals surface area contributed by atoms with Crippen LogP contribution in [0.15, 0.2) is 37.0 Å². The molecule has 1 heterocycles. The van der Waals surface area contributed by atoms with E-state index in [4.69, 9.17) is 0 Å². The average molecular weight is 239 g/mol. The summed E-state index contributed by atoms with van der Waals surface area (Å²) in [6.45, 7) is 11.4. The molecule has 0 aliphatic rings. The lowest BCUT2D eigenvalue weighted by atomic mass is 10.1. The maximum Gasteiger partial charge on any atom is 0.0472 e. The molecule has 0 fully saturated rings. The molecule has 0 bridgehead atoms. The molecule has 0 aliphatic carbocycles. The fraction of sp³-hybridized carbons (Fsp3) is 0.294. The second-order valence-electron chi connectivity index (χ2n) is 4.80. The zero-order valence-corrected chi connectivity index (χ0v) is 11.5. The first kappa shape index (κ1) is 12.7. The molecule has 0 saturated carbocycles. The number of benzene rings is 1. The van der Waals surface area contributed by atoms with Crippen LogP contribution in [-0.4, -0.2) is 4.57 Å². The summed E-state index contributed by atoms with van der Waals surface area (Å²) in [5, 5.41) is 0. The van der Waals surface area contributed by atoms with Gasteiger partial charge in [-0.25, -0.2) is 0 Å². The molecule has 0 radical (unpaired) electrons. The van der Waals surface area contributed by atoms with Gasteiger partial charge in [0.2, 0.25) is 0 Å². The standard InChI is InChI=1S/C17H21N/c1-5-15-7-9-16(10-8-15)12-18-11-13(3)17(6-2)14(18)4/h5,7-11H,1,6,12H2,2-4H3. The van der Waals surface area contributed by atoms with Gasteiger partial charge in [0, 0.05) is 18.4 Å². The minimum atomic E-state index is 0.949. The number of aromatic nitrogens is 1. The van der Waals surface area contributed by atoms with E-state index in [-0.39, 0.29) is 0 Å². The highest BCUT2D eigenvalue weighted by Crippen LogP contribution is 2.18. The Bertz CT molecular complexity index is 544. The van der Waals surface area contributed by atoms with Crippen molar-refractivity contribution in [3.63, 3.8) is 0 Å². The molecule has 1 nitrogen and oxygen atoms in total. The molecule has 0 N–H and O–H groups in total. The Morgan fingerprint density at radius 2 is 1.83 bits per heavy atom. The van der Waals surface area contributed by atoms with Crippen molar-refractivity contribution >= 4 is 6.08 Å². The molecule has 18 heavy (non-hydrogen) atoms.